The fourth-order valence-electron chi connectivity index (χ4n) is 3.59. The van der Waals surface area contributed by atoms with Crippen molar-refractivity contribution in [1.82, 2.24) is 5.32 Å². The molecule has 0 bridgehead atoms. The molecule has 1 aliphatic heterocycles. The van der Waals surface area contributed by atoms with Gasteiger partial charge in [-0.2, -0.15) is 0 Å². The van der Waals surface area contributed by atoms with E-state index in [-0.39, 0.29) is 6.04 Å². The minimum absolute atomic E-state index is 0.119. The molecule has 0 fully saturated rings. The zero-order valence-electron chi connectivity index (χ0n) is 11.1. The lowest BCUT2D eigenvalue weighted by Crippen LogP contribution is -2.48. The van der Waals surface area contributed by atoms with Crippen LogP contribution in [0.25, 0.3) is 5.57 Å². The van der Waals surface area contributed by atoms with Crippen LogP contribution in [-0.4, -0.2) is 28.6 Å². The molecule has 1 aromatic rings. The Morgan fingerprint density at radius 1 is 1.10 bits per heavy atom. The molecule has 3 N–H and O–H groups in total. The lowest BCUT2D eigenvalue weighted by Gasteiger charge is -2.40. The number of aryl methyl sites for hydroxylation is 1. The van der Waals surface area contributed by atoms with E-state index in [0.717, 1.165) is 29.6 Å². The third-order valence-electron chi connectivity index (χ3n) is 4.48. The second kappa shape index (κ2) is 4.42. The zero-order valence-corrected chi connectivity index (χ0v) is 11.1. The number of allylic oxidation sites excluding steroid dienone is 2. The lowest BCUT2D eigenvalue weighted by molar-refractivity contribution is 0.151. The highest BCUT2D eigenvalue weighted by Gasteiger charge is 2.37. The van der Waals surface area contributed by atoms with Crippen LogP contribution in [0, 0.1) is 0 Å². The van der Waals surface area contributed by atoms with E-state index in [1.807, 2.05) is 18.2 Å². The Kier molecular flexibility index (Phi) is 2.67. The maximum atomic E-state index is 10.4. The maximum absolute atomic E-state index is 10.4. The molecule has 1 heterocycles. The molecule has 0 amide bonds. The highest BCUT2D eigenvalue weighted by atomic mass is 16.3. The van der Waals surface area contributed by atoms with Gasteiger partial charge in [-0.05, 0) is 35.1 Å². The first-order valence-electron chi connectivity index (χ1n) is 7.09. The van der Waals surface area contributed by atoms with Crippen molar-refractivity contribution in [2.24, 2.45) is 0 Å². The average molecular weight is 267 g/mol. The van der Waals surface area contributed by atoms with Gasteiger partial charge in [-0.3, -0.25) is 5.32 Å². The lowest BCUT2D eigenvalue weighted by atomic mass is 9.75. The molecule has 0 spiro atoms. The Balaban J connectivity index is 1.99. The van der Waals surface area contributed by atoms with E-state index in [1.54, 1.807) is 6.08 Å². The first-order chi connectivity index (χ1) is 9.75. The first-order valence-corrected chi connectivity index (χ1v) is 7.09. The molecule has 3 unspecified atom stereocenters. The summed E-state index contributed by atoms with van der Waals surface area (Å²) in [5.41, 5.74) is 5.36. The number of benzene rings is 1. The molecule has 1 aromatic carbocycles. The molecule has 3 heteroatoms. The molecular formula is C17H17NO2. The van der Waals surface area contributed by atoms with Crippen LogP contribution in [0.4, 0.5) is 0 Å². The molecular weight excluding hydrogens is 250 g/mol. The normalized spacial score (nSPS) is 31.3. The summed E-state index contributed by atoms with van der Waals surface area (Å²) in [6.07, 6.45) is 6.11. The van der Waals surface area contributed by atoms with Gasteiger partial charge in [0.2, 0.25) is 0 Å². The van der Waals surface area contributed by atoms with Crippen molar-refractivity contribution in [1.29, 1.82) is 0 Å². The summed E-state index contributed by atoms with van der Waals surface area (Å²) in [5.74, 6) is 0. The van der Waals surface area contributed by atoms with Crippen LogP contribution in [0.15, 0.2) is 53.6 Å². The quantitative estimate of drug-likeness (QED) is 0.668. The van der Waals surface area contributed by atoms with Gasteiger partial charge < -0.3 is 10.2 Å². The van der Waals surface area contributed by atoms with Gasteiger partial charge in [0.15, 0.2) is 0 Å². The van der Waals surface area contributed by atoms with Gasteiger partial charge in [0.25, 0.3) is 0 Å². The smallest absolute Gasteiger partial charge is 0.131 e. The summed E-state index contributed by atoms with van der Waals surface area (Å²) in [6, 6.07) is 8.48. The number of rotatable bonds is 0. The maximum Gasteiger partial charge on any atom is 0.131 e. The van der Waals surface area contributed by atoms with Gasteiger partial charge in [-0.1, -0.05) is 42.5 Å². The van der Waals surface area contributed by atoms with E-state index < -0.39 is 12.3 Å². The van der Waals surface area contributed by atoms with Gasteiger partial charge in [-0.15, -0.1) is 0 Å². The summed E-state index contributed by atoms with van der Waals surface area (Å²) in [5, 5.41) is 23.9. The first kappa shape index (κ1) is 12.1. The molecule has 3 atom stereocenters. The third-order valence-corrected chi connectivity index (χ3v) is 4.48. The molecule has 0 saturated carbocycles. The molecule has 3 nitrogen and oxygen atoms in total. The number of aliphatic hydroxyl groups excluding tert-OH is 2. The monoisotopic (exact) mass is 267 g/mol. The molecule has 20 heavy (non-hydrogen) atoms. The Morgan fingerprint density at radius 3 is 2.85 bits per heavy atom. The number of fused-ring (bicyclic) bond motifs is 4. The van der Waals surface area contributed by atoms with Gasteiger partial charge >= 0.3 is 0 Å². The fraction of sp³-hybridized carbons (Fsp3) is 0.294. The van der Waals surface area contributed by atoms with Crippen LogP contribution in [0.1, 0.15) is 17.5 Å². The summed E-state index contributed by atoms with van der Waals surface area (Å²) >= 11 is 0. The third kappa shape index (κ3) is 1.64. The predicted octanol–water partition coefficient (Wildman–Crippen LogP) is 1.53. The van der Waals surface area contributed by atoms with E-state index in [1.165, 1.54) is 11.1 Å². The second-order valence-electron chi connectivity index (χ2n) is 5.60. The Labute approximate surface area is 117 Å². The molecule has 102 valence electrons. The van der Waals surface area contributed by atoms with E-state index in [0.29, 0.717) is 0 Å². The highest BCUT2D eigenvalue weighted by Crippen LogP contribution is 2.41. The molecule has 4 rings (SSSR count). The van der Waals surface area contributed by atoms with E-state index in [9.17, 15) is 10.2 Å². The average Bonchev–Trinajstić information content (AvgIpc) is 2.47. The van der Waals surface area contributed by atoms with Crippen LogP contribution in [0.5, 0.6) is 0 Å². The number of aliphatic hydroxyl groups is 2. The van der Waals surface area contributed by atoms with Crippen molar-refractivity contribution in [2.45, 2.75) is 31.2 Å². The Morgan fingerprint density at radius 2 is 1.95 bits per heavy atom. The van der Waals surface area contributed by atoms with Crippen molar-refractivity contribution in [2.75, 3.05) is 0 Å². The molecule has 3 aliphatic rings. The van der Waals surface area contributed by atoms with E-state index in [4.69, 9.17) is 0 Å². The summed E-state index contributed by atoms with van der Waals surface area (Å²) in [4.78, 5) is 0. The van der Waals surface area contributed by atoms with E-state index >= 15 is 0 Å². The predicted molar refractivity (Wildman–Crippen MR) is 77.8 cm³/mol. The molecule has 0 aromatic heterocycles. The zero-order chi connectivity index (χ0) is 13.7. The molecule has 0 radical (unpaired) electrons. The van der Waals surface area contributed by atoms with Crippen LogP contribution < -0.4 is 5.32 Å². The fourth-order valence-corrected chi connectivity index (χ4v) is 3.59. The minimum atomic E-state index is -0.691. The summed E-state index contributed by atoms with van der Waals surface area (Å²) in [7, 11) is 0. The van der Waals surface area contributed by atoms with Crippen molar-refractivity contribution in [3.8, 4) is 0 Å². The standard InChI is InChI=1S/C17H17NO2/c19-14-7-3-6-12-16(14)15-11-5-2-1-4-10(11)8-9-13(15)18-17(12)20/h1-7,13-14,17-20H,8-9H2. The van der Waals surface area contributed by atoms with Crippen molar-refractivity contribution >= 4 is 5.57 Å². The van der Waals surface area contributed by atoms with Gasteiger partial charge in [0.1, 0.15) is 6.23 Å². The Bertz CT molecular complexity index is 657. The number of nitrogens with one attached hydrogen (secondary N) is 1. The summed E-state index contributed by atoms with van der Waals surface area (Å²) < 4.78 is 0. The van der Waals surface area contributed by atoms with Crippen LogP contribution >= 0.6 is 0 Å². The molecule has 0 saturated heterocycles. The van der Waals surface area contributed by atoms with Gasteiger partial charge in [-0.25, -0.2) is 0 Å². The molecule has 2 aliphatic carbocycles. The number of hydrogen-bond donors (Lipinski definition) is 3. The SMILES string of the molecule is OC1C=CC=C2C1=C1c3ccccc3CCC1NC2O. The van der Waals surface area contributed by atoms with Crippen LogP contribution in [-0.2, 0) is 6.42 Å². The topological polar surface area (TPSA) is 52.5 Å². The highest BCUT2D eigenvalue weighted by molar-refractivity contribution is 5.82. The van der Waals surface area contributed by atoms with Crippen LogP contribution in [0.3, 0.4) is 0 Å². The second-order valence-corrected chi connectivity index (χ2v) is 5.60. The summed E-state index contributed by atoms with van der Waals surface area (Å²) in [6.45, 7) is 0. The van der Waals surface area contributed by atoms with E-state index in [2.05, 4.69) is 23.5 Å². The number of hydrogen-bond acceptors (Lipinski definition) is 3. The van der Waals surface area contributed by atoms with Gasteiger partial charge in [0, 0.05) is 11.6 Å². The van der Waals surface area contributed by atoms with Crippen molar-refractivity contribution < 1.29 is 10.2 Å². The Hall–Kier alpha value is -1.68. The van der Waals surface area contributed by atoms with Gasteiger partial charge in [0.05, 0.1) is 6.10 Å². The van der Waals surface area contributed by atoms with Crippen molar-refractivity contribution in [3.63, 3.8) is 0 Å². The minimum Gasteiger partial charge on any atom is -0.384 e. The van der Waals surface area contributed by atoms with Crippen LogP contribution in [0.2, 0.25) is 0 Å². The largest absolute Gasteiger partial charge is 0.384 e. The van der Waals surface area contributed by atoms with Crippen molar-refractivity contribution in [3.05, 3.63) is 64.8 Å².